The molecule has 0 saturated heterocycles. The maximum Gasteiger partial charge on any atom is 0.330 e. The average Bonchev–Trinajstić information content (AvgIpc) is 2.96. The van der Waals surface area contributed by atoms with Gasteiger partial charge in [-0.3, -0.25) is 0 Å². The smallest absolute Gasteiger partial charge is 0.330 e. The van der Waals surface area contributed by atoms with Crippen molar-refractivity contribution in [3.8, 4) is 0 Å². The predicted octanol–water partition coefficient (Wildman–Crippen LogP) is 6.04. The zero-order chi connectivity index (χ0) is 27.2. The Morgan fingerprint density at radius 2 is 1.03 bits per heavy atom. The first kappa shape index (κ1) is 28.9. The highest BCUT2D eigenvalue weighted by Gasteiger charge is 2.29. The molecule has 6 heteroatoms. The molecular formula is C32H35O5P. The van der Waals surface area contributed by atoms with Crippen LogP contribution in [0.2, 0.25) is 0 Å². The number of esters is 2. The van der Waals surface area contributed by atoms with Crippen LogP contribution in [0.1, 0.15) is 50.7 Å². The Bertz CT molecular complexity index is 1200. The SMILES string of the molecule is CCCCOC(=O)/C=C/c1ccc(P(=O)(c2ccccc2)c2ccc(/C=C/C(=O)OCCCC)cc2)cc1. The van der Waals surface area contributed by atoms with E-state index in [2.05, 4.69) is 0 Å². The normalized spacial score (nSPS) is 11.6. The summed E-state index contributed by atoms with van der Waals surface area (Å²) in [6.45, 7) is 4.91. The lowest BCUT2D eigenvalue weighted by molar-refractivity contribution is -0.138. The molecule has 0 atom stereocenters. The van der Waals surface area contributed by atoms with Gasteiger partial charge in [0.2, 0.25) is 0 Å². The minimum Gasteiger partial charge on any atom is -0.463 e. The molecule has 0 heterocycles. The number of hydrogen-bond acceptors (Lipinski definition) is 5. The Balaban J connectivity index is 1.82. The van der Waals surface area contributed by atoms with E-state index in [1.165, 1.54) is 12.2 Å². The van der Waals surface area contributed by atoms with Gasteiger partial charge < -0.3 is 14.0 Å². The number of benzene rings is 3. The lowest BCUT2D eigenvalue weighted by Crippen LogP contribution is -2.25. The Kier molecular flexibility index (Phi) is 11.3. The highest BCUT2D eigenvalue weighted by atomic mass is 31.2. The lowest BCUT2D eigenvalue weighted by Gasteiger charge is -2.20. The number of unbranched alkanes of at least 4 members (excludes halogenated alkanes) is 2. The van der Waals surface area contributed by atoms with E-state index < -0.39 is 7.14 Å². The molecule has 38 heavy (non-hydrogen) atoms. The van der Waals surface area contributed by atoms with Crippen LogP contribution < -0.4 is 15.9 Å². The van der Waals surface area contributed by atoms with Crippen molar-refractivity contribution < 1.29 is 23.6 Å². The highest BCUT2D eigenvalue weighted by molar-refractivity contribution is 7.85. The molecule has 3 rings (SSSR count). The molecule has 198 valence electrons. The van der Waals surface area contributed by atoms with Gasteiger partial charge in [-0.1, -0.05) is 106 Å². The maximum absolute atomic E-state index is 14.7. The Morgan fingerprint density at radius 3 is 1.42 bits per heavy atom. The summed E-state index contributed by atoms with van der Waals surface area (Å²) in [5, 5.41) is 2.11. The van der Waals surface area contributed by atoms with Crippen LogP contribution in [0.3, 0.4) is 0 Å². The van der Waals surface area contributed by atoms with E-state index in [1.54, 1.807) is 12.2 Å². The van der Waals surface area contributed by atoms with Crippen LogP contribution in [0.4, 0.5) is 0 Å². The van der Waals surface area contributed by atoms with Crippen molar-refractivity contribution in [2.75, 3.05) is 13.2 Å². The molecule has 0 saturated carbocycles. The van der Waals surface area contributed by atoms with Gasteiger partial charge in [0.05, 0.1) is 13.2 Å². The van der Waals surface area contributed by atoms with Gasteiger partial charge in [-0.25, -0.2) is 9.59 Å². The number of rotatable bonds is 13. The fourth-order valence-corrected chi connectivity index (χ4v) is 6.36. The minimum atomic E-state index is -3.16. The average molecular weight is 531 g/mol. The van der Waals surface area contributed by atoms with E-state index in [-0.39, 0.29) is 11.9 Å². The van der Waals surface area contributed by atoms with Crippen molar-refractivity contribution in [1.29, 1.82) is 0 Å². The Labute approximate surface area is 225 Å². The summed E-state index contributed by atoms with van der Waals surface area (Å²) in [7, 11) is -3.16. The number of carbonyl (C=O) groups is 2. The third kappa shape index (κ3) is 8.16. The second-order valence-electron chi connectivity index (χ2n) is 8.84. The maximum atomic E-state index is 14.7. The first-order chi connectivity index (χ1) is 18.5. The molecule has 0 aliphatic rings. The molecule has 0 unspecified atom stereocenters. The molecule has 0 amide bonds. The van der Waals surface area contributed by atoms with E-state index in [0.717, 1.165) is 42.1 Å². The number of hydrogen-bond donors (Lipinski definition) is 0. The molecular weight excluding hydrogens is 495 g/mol. The number of ether oxygens (including phenoxy) is 2. The summed E-state index contributed by atoms with van der Waals surface area (Å²) in [6, 6.07) is 24.2. The zero-order valence-corrected chi connectivity index (χ0v) is 22.9. The van der Waals surface area contributed by atoms with Gasteiger partial charge in [-0.2, -0.15) is 0 Å². The largest absolute Gasteiger partial charge is 0.463 e. The number of carbonyl (C=O) groups excluding carboxylic acids is 2. The molecule has 0 radical (unpaired) electrons. The van der Waals surface area contributed by atoms with Crippen molar-refractivity contribution >= 4 is 47.1 Å². The molecule has 5 nitrogen and oxygen atoms in total. The van der Waals surface area contributed by atoms with Crippen LogP contribution in [0.15, 0.2) is 91.0 Å². The summed E-state index contributed by atoms with van der Waals surface area (Å²) in [4.78, 5) is 23.7. The molecule has 0 fully saturated rings. The van der Waals surface area contributed by atoms with Gasteiger partial charge in [0.25, 0.3) is 0 Å². The van der Waals surface area contributed by atoms with Gasteiger partial charge in [0.15, 0.2) is 7.14 Å². The quantitative estimate of drug-likeness (QED) is 0.117. The predicted molar refractivity (Wildman–Crippen MR) is 156 cm³/mol. The first-order valence-electron chi connectivity index (χ1n) is 13.0. The van der Waals surface area contributed by atoms with Crippen LogP contribution in [0.25, 0.3) is 12.2 Å². The third-order valence-corrected chi connectivity index (χ3v) is 9.02. The standard InChI is InChI=1S/C32H35O5P/c1-3-5-24-36-31(33)22-16-26-12-18-29(19-13-26)38(35,28-10-8-7-9-11-28)30-20-14-27(15-21-30)17-23-32(34)37-25-6-4-2/h7-23H,3-6,24-25H2,1-2H3/b22-16+,23-17+. The van der Waals surface area contributed by atoms with Crippen LogP contribution in [-0.4, -0.2) is 25.2 Å². The molecule has 0 bridgehead atoms. The van der Waals surface area contributed by atoms with Gasteiger partial charge in [-0.05, 0) is 36.1 Å². The Morgan fingerprint density at radius 1 is 0.632 bits per heavy atom. The third-order valence-electron chi connectivity index (χ3n) is 5.94. The van der Waals surface area contributed by atoms with Crippen molar-refractivity contribution in [3.05, 3.63) is 102 Å². The van der Waals surface area contributed by atoms with Crippen LogP contribution >= 0.6 is 7.14 Å². The molecule has 0 aliphatic heterocycles. The monoisotopic (exact) mass is 530 g/mol. The van der Waals surface area contributed by atoms with Crippen molar-refractivity contribution in [2.45, 2.75) is 39.5 Å². The van der Waals surface area contributed by atoms with Gasteiger partial charge in [0.1, 0.15) is 0 Å². The second kappa shape index (κ2) is 14.9. The van der Waals surface area contributed by atoms with Crippen molar-refractivity contribution in [3.63, 3.8) is 0 Å². The zero-order valence-electron chi connectivity index (χ0n) is 22.0. The fraction of sp³-hybridized carbons (Fsp3) is 0.250. The lowest BCUT2D eigenvalue weighted by atomic mass is 10.2. The Hall–Kier alpha value is -3.69. The summed E-state index contributed by atoms with van der Waals surface area (Å²) in [5.74, 6) is -0.748. The minimum absolute atomic E-state index is 0.374. The summed E-state index contributed by atoms with van der Waals surface area (Å²) in [5.41, 5.74) is 1.62. The molecule has 0 N–H and O–H groups in total. The van der Waals surface area contributed by atoms with E-state index in [0.29, 0.717) is 23.8 Å². The fourth-order valence-electron chi connectivity index (χ4n) is 3.73. The van der Waals surface area contributed by atoms with Gasteiger partial charge in [-0.15, -0.1) is 0 Å². The van der Waals surface area contributed by atoms with Gasteiger partial charge in [0, 0.05) is 28.1 Å². The molecule has 0 aliphatic carbocycles. The van der Waals surface area contributed by atoms with Gasteiger partial charge >= 0.3 is 11.9 Å². The summed E-state index contributed by atoms with van der Waals surface area (Å²) >= 11 is 0. The van der Waals surface area contributed by atoms with Crippen LogP contribution in [-0.2, 0) is 23.6 Å². The van der Waals surface area contributed by atoms with E-state index in [1.807, 2.05) is 92.7 Å². The first-order valence-corrected chi connectivity index (χ1v) is 14.7. The summed E-state index contributed by atoms with van der Waals surface area (Å²) in [6.07, 6.45) is 9.82. The molecule has 0 aromatic heterocycles. The molecule has 0 spiro atoms. The molecule has 3 aromatic rings. The highest BCUT2D eigenvalue weighted by Crippen LogP contribution is 2.42. The van der Waals surface area contributed by atoms with Crippen molar-refractivity contribution in [2.24, 2.45) is 0 Å². The summed E-state index contributed by atoms with van der Waals surface area (Å²) < 4.78 is 25.0. The molecule has 3 aromatic carbocycles. The van der Waals surface area contributed by atoms with Crippen LogP contribution in [0.5, 0.6) is 0 Å². The van der Waals surface area contributed by atoms with Crippen molar-refractivity contribution in [1.82, 2.24) is 0 Å². The topological polar surface area (TPSA) is 69.7 Å². The van der Waals surface area contributed by atoms with E-state index >= 15 is 0 Å². The second-order valence-corrected chi connectivity index (χ2v) is 11.6. The van der Waals surface area contributed by atoms with E-state index in [9.17, 15) is 14.2 Å². The van der Waals surface area contributed by atoms with E-state index in [4.69, 9.17) is 9.47 Å². The van der Waals surface area contributed by atoms with Crippen LogP contribution in [0, 0.1) is 0 Å².